The van der Waals surface area contributed by atoms with Crippen LogP contribution < -0.4 is 11.1 Å². The van der Waals surface area contributed by atoms with Crippen molar-refractivity contribution in [2.75, 3.05) is 6.54 Å². The first-order valence-electron chi connectivity index (χ1n) is 6.59. The van der Waals surface area contributed by atoms with Crippen molar-refractivity contribution in [1.82, 2.24) is 15.3 Å². The number of amides is 1. The molecular formula is C15H16N4O2. The molecule has 0 spiro atoms. The second-order valence-electron chi connectivity index (χ2n) is 4.19. The first-order chi connectivity index (χ1) is 10.2. The van der Waals surface area contributed by atoms with Crippen molar-refractivity contribution in [3.63, 3.8) is 0 Å². The van der Waals surface area contributed by atoms with E-state index in [0.29, 0.717) is 11.6 Å². The van der Waals surface area contributed by atoms with E-state index in [0.717, 1.165) is 17.7 Å². The molecule has 6 heteroatoms. The molecule has 0 fully saturated rings. The van der Waals surface area contributed by atoms with E-state index in [1.165, 1.54) is 6.20 Å². The number of carbonyl (C=O) groups is 1. The average molecular weight is 284 g/mol. The molecule has 1 amide bonds. The maximum Gasteiger partial charge on any atom is 0.270 e. The Morgan fingerprint density at radius 1 is 1.38 bits per heavy atom. The van der Waals surface area contributed by atoms with Gasteiger partial charge in [0.1, 0.15) is 11.5 Å². The molecule has 0 aliphatic carbocycles. The number of oxazole rings is 1. The highest BCUT2D eigenvalue weighted by molar-refractivity contribution is 5.92. The van der Waals surface area contributed by atoms with Gasteiger partial charge < -0.3 is 15.5 Å². The van der Waals surface area contributed by atoms with Gasteiger partial charge in [-0.15, -0.1) is 0 Å². The second-order valence-corrected chi connectivity index (χ2v) is 4.19. The lowest BCUT2D eigenvalue weighted by Gasteiger charge is -2.02. The summed E-state index contributed by atoms with van der Waals surface area (Å²) in [5.41, 5.74) is 6.32. The molecule has 0 saturated heterocycles. The van der Waals surface area contributed by atoms with Crippen LogP contribution in [0.1, 0.15) is 34.6 Å². The maximum atomic E-state index is 11.9. The van der Waals surface area contributed by atoms with Gasteiger partial charge in [-0.25, -0.2) is 9.97 Å². The van der Waals surface area contributed by atoms with Crippen LogP contribution in [0.3, 0.4) is 0 Å². The largest absolute Gasteiger partial charge is 0.444 e. The van der Waals surface area contributed by atoms with E-state index in [-0.39, 0.29) is 19.0 Å². The topological polar surface area (TPSA) is 94.0 Å². The van der Waals surface area contributed by atoms with Gasteiger partial charge in [-0.1, -0.05) is 18.8 Å². The van der Waals surface area contributed by atoms with Crippen LogP contribution in [0.4, 0.5) is 0 Å². The van der Waals surface area contributed by atoms with E-state index in [1.807, 2.05) is 6.92 Å². The molecule has 2 rings (SSSR count). The molecule has 0 saturated carbocycles. The van der Waals surface area contributed by atoms with Gasteiger partial charge in [-0.05, 0) is 12.1 Å². The lowest BCUT2D eigenvalue weighted by atomic mass is 10.2. The summed E-state index contributed by atoms with van der Waals surface area (Å²) in [7, 11) is 0. The fraction of sp³-hybridized carbons (Fsp3) is 0.267. The lowest BCUT2D eigenvalue weighted by Crippen LogP contribution is -2.23. The molecule has 0 radical (unpaired) electrons. The highest BCUT2D eigenvalue weighted by atomic mass is 16.4. The van der Waals surface area contributed by atoms with Gasteiger partial charge in [0, 0.05) is 18.2 Å². The molecule has 2 aromatic rings. The molecule has 2 heterocycles. The van der Waals surface area contributed by atoms with E-state index in [1.54, 1.807) is 18.3 Å². The number of hydrogen-bond acceptors (Lipinski definition) is 5. The van der Waals surface area contributed by atoms with Crippen molar-refractivity contribution >= 4 is 5.91 Å². The maximum absolute atomic E-state index is 11.9. The molecule has 0 unspecified atom stereocenters. The van der Waals surface area contributed by atoms with E-state index >= 15 is 0 Å². The number of nitrogens with one attached hydrogen (secondary N) is 1. The molecule has 0 aliphatic heterocycles. The number of pyridine rings is 1. The van der Waals surface area contributed by atoms with Gasteiger partial charge in [0.2, 0.25) is 5.89 Å². The molecule has 6 nitrogen and oxygen atoms in total. The zero-order chi connectivity index (χ0) is 15.1. The number of nitrogens with two attached hydrogens (primary N) is 1. The number of hydrogen-bond donors (Lipinski definition) is 2. The Labute approximate surface area is 122 Å². The molecule has 108 valence electrons. The van der Waals surface area contributed by atoms with Crippen LogP contribution >= 0.6 is 0 Å². The SMILES string of the molecule is CCc1cnc(CNC(=O)c2ccc(C#CCN)cn2)o1. The smallest absolute Gasteiger partial charge is 0.270 e. The number of aromatic nitrogens is 2. The summed E-state index contributed by atoms with van der Waals surface area (Å²) >= 11 is 0. The van der Waals surface area contributed by atoms with Crippen LogP contribution in [-0.2, 0) is 13.0 Å². The summed E-state index contributed by atoms with van der Waals surface area (Å²) in [6.07, 6.45) is 3.97. The summed E-state index contributed by atoms with van der Waals surface area (Å²) in [5, 5.41) is 2.70. The van der Waals surface area contributed by atoms with Crippen molar-refractivity contribution in [3.05, 3.63) is 47.4 Å². The van der Waals surface area contributed by atoms with Crippen molar-refractivity contribution in [2.45, 2.75) is 19.9 Å². The van der Waals surface area contributed by atoms with Gasteiger partial charge >= 0.3 is 0 Å². The van der Waals surface area contributed by atoms with E-state index in [2.05, 4.69) is 27.1 Å². The molecule has 0 bridgehead atoms. The van der Waals surface area contributed by atoms with Crippen molar-refractivity contribution in [1.29, 1.82) is 0 Å². The molecule has 0 aliphatic rings. The monoisotopic (exact) mass is 284 g/mol. The summed E-state index contributed by atoms with van der Waals surface area (Å²) in [6, 6.07) is 3.34. The van der Waals surface area contributed by atoms with Gasteiger partial charge in [0.25, 0.3) is 5.91 Å². The van der Waals surface area contributed by atoms with Crippen LogP contribution in [0, 0.1) is 11.8 Å². The number of nitrogens with zero attached hydrogens (tertiary/aromatic N) is 2. The second kappa shape index (κ2) is 7.22. The molecule has 21 heavy (non-hydrogen) atoms. The standard InChI is InChI=1S/C15H16N4O2/c1-2-12-9-18-14(21-12)10-19-15(20)13-6-5-11(8-17-13)4-3-7-16/h5-6,8-9H,2,7,10,16H2,1H3,(H,19,20). The van der Waals surface area contributed by atoms with Gasteiger partial charge in [-0.2, -0.15) is 0 Å². The number of aryl methyl sites for hydroxylation is 1. The minimum atomic E-state index is -0.287. The molecule has 2 aromatic heterocycles. The summed E-state index contributed by atoms with van der Waals surface area (Å²) in [5.74, 6) is 6.55. The van der Waals surface area contributed by atoms with Crippen LogP contribution in [0.2, 0.25) is 0 Å². The zero-order valence-electron chi connectivity index (χ0n) is 11.7. The Balaban J connectivity index is 1.93. The molecule has 0 atom stereocenters. The van der Waals surface area contributed by atoms with Gasteiger partial charge in [0.15, 0.2) is 0 Å². The average Bonchev–Trinajstić information content (AvgIpc) is 2.99. The Kier molecular flexibility index (Phi) is 5.07. The molecular weight excluding hydrogens is 268 g/mol. The Bertz CT molecular complexity index is 665. The van der Waals surface area contributed by atoms with Crippen LogP contribution in [-0.4, -0.2) is 22.4 Å². The first-order valence-corrected chi connectivity index (χ1v) is 6.59. The van der Waals surface area contributed by atoms with E-state index in [9.17, 15) is 4.79 Å². The minimum Gasteiger partial charge on any atom is -0.444 e. The highest BCUT2D eigenvalue weighted by Gasteiger charge is 2.09. The van der Waals surface area contributed by atoms with Gasteiger partial charge in [0.05, 0.1) is 19.3 Å². The van der Waals surface area contributed by atoms with Crippen LogP contribution in [0.25, 0.3) is 0 Å². The lowest BCUT2D eigenvalue weighted by molar-refractivity contribution is 0.0942. The van der Waals surface area contributed by atoms with Crippen molar-refractivity contribution < 1.29 is 9.21 Å². The highest BCUT2D eigenvalue weighted by Crippen LogP contribution is 2.04. The molecule has 0 aromatic carbocycles. The van der Waals surface area contributed by atoms with Gasteiger partial charge in [-0.3, -0.25) is 4.79 Å². The fourth-order valence-corrected chi connectivity index (χ4v) is 1.59. The Morgan fingerprint density at radius 2 is 2.24 bits per heavy atom. The predicted molar refractivity (Wildman–Crippen MR) is 77.2 cm³/mol. The normalized spacial score (nSPS) is 9.81. The summed E-state index contributed by atoms with van der Waals surface area (Å²) in [6.45, 7) is 2.50. The predicted octanol–water partition coefficient (Wildman–Crippen LogP) is 0.872. The number of carbonyl (C=O) groups excluding carboxylic acids is 1. The first kappa shape index (κ1) is 14.8. The quantitative estimate of drug-likeness (QED) is 0.813. The summed E-state index contributed by atoms with van der Waals surface area (Å²) in [4.78, 5) is 20.0. The molecule has 3 N–H and O–H groups in total. The van der Waals surface area contributed by atoms with Crippen LogP contribution in [0.5, 0.6) is 0 Å². The summed E-state index contributed by atoms with van der Waals surface area (Å²) < 4.78 is 5.41. The van der Waals surface area contributed by atoms with E-state index in [4.69, 9.17) is 10.2 Å². The number of rotatable bonds is 4. The van der Waals surface area contributed by atoms with Crippen LogP contribution in [0.15, 0.2) is 28.9 Å². The third-order valence-electron chi connectivity index (χ3n) is 2.68. The zero-order valence-corrected chi connectivity index (χ0v) is 11.7. The van der Waals surface area contributed by atoms with E-state index < -0.39 is 0 Å². The third-order valence-corrected chi connectivity index (χ3v) is 2.68. The Hall–Kier alpha value is -2.65. The fourth-order valence-electron chi connectivity index (χ4n) is 1.59. The minimum absolute atomic E-state index is 0.231. The Morgan fingerprint density at radius 3 is 2.86 bits per heavy atom. The van der Waals surface area contributed by atoms with Crippen molar-refractivity contribution in [3.8, 4) is 11.8 Å². The third kappa shape index (κ3) is 4.16. The van der Waals surface area contributed by atoms with Crippen molar-refractivity contribution in [2.24, 2.45) is 5.73 Å².